The van der Waals surface area contributed by atoms with Crippen molar-refractivity contribution in [1.82, 2.24) is 9.80 Å². The van der Waals surface area contributed by atoms with Gasteiger partial charge < -0.3 is 15.7 Å². The van der Waals surface area contributed by atoms with Crippen LogP contribution >= 0.6 is 0 Å². The Bertz CT molecular complexity index is 365. The van der Waals surface area contributed by atoms with Crippen molar-refractivity contribution in [3.05, 3.63) is 0 Å². The zero-order chi connectivity index (χ0) is 15.6. The second-order valence-electron chi connectivity index (χ2n) is 7.29. The largest absolute Gasteiger partial charge is 0.395 e. The lowest BCUT2D eigenvalue weighted by Crippen LogP contribution is -2.56. The maximum absolute atomic E-state index is 12.9. The van der Waals surface area contributed by atoms with E-state index >= 15 is 0 Å². The predicted octanol–water partition coefficient (Wildman–Crippen LogP) is 0.523. The molecule has 2 rings (SSSR count). The molecule has 122 valence electrons. The molecule has 0 aromatic rings. The van der Waals surface area contributed by atoms with Gasteiger partial charge in [0, 0.05) is 44.7 Å². The van der Waals surface area contributed by atoms with Gasteiger partial charge in [0.05, 0.1) is 6.61 Å². The van der Waals surface area contributed by atoms with Crippen LogP contribution in [0.2, 0.25) is 0 Å². The van der Waals surface area contributed by atoms with Gasteiger partial charge >= 0.3 is 0 Å². The van der Waals surface area contributed by atoms with Crippen molar-refractivity contribution in [2.75, 3.05) is 39.3 Å². The Labute approximate surface area is 128 Å². The molecule has 0 bridgehead atoms. The average molecular weight is 297 g/mol. The molecule has 1 saturated carbocycles. The van der Waals surface area contributed by atoms with Crippen molar-refractivity contribution in [2.45, 2.75) is 39.7 Å². The summed E-state index contributed by atoms with van der Waals surface area (Å²) in [5.41, 5.74) is 6.16. The van der Waals surface area contributed by atoms with Crippen LogP contribution < -0.4 is 5.73 Å². The molecule has 1 aliphatic heterocycles. The van der Waals surface area contributed by atoms with E-state index < -0.39 is 0 Å². The molecule has 0 aromatic heterocycles. The molecule has 3 atom stereocenters. The number of hydrogen-bond donors (Lipinski definition) is 2. The smallest absolute Gasteiger partial charge is 0.226 e. The van der Waals surface area contributed by atoms with Crippen LogP contribution in [-0.4, -0.2) is 66.2 Å². The minimum atomic E-state index is -0.0308. The first-order chi connectivity index (χ1) is 9.87. The van der Waals surface area contributed by atoms with E-state index in [1.165, 1.54) is 0 Å². The molecule has 2 aliphatic rings. The minimum Gasteiger partial charge on any atom is -0.395 e. The van der Waals surface area contributed by atoms with Gasteiger partial charge in [-0.25, -0.2) is 0 Å². The van der Waals surface area contributed by atoms with Crippen LogP contribution in [0, 0.1) is 17.3 Å². The van der Waals surface area contributed by atoms with Crippen LogP contribution in [0.1, 0.15) is 33.6 Å². The van der Waals surface area contributed by atoms with E-state index in [2.05, 4.69) is 25.7 Å². The van der Waals surface area contributed by atoms with Crippen molar-refractivity contribution in [3.63, 3.8) is 0 Å². The molecular formula is C16H31N3O2. The molecule has 3 unspecified atom stereocenters. The van der Waals surface area contributed by atoms with E-state index in [1.54, 1.807) is 0 Å². The number of aliphatic hydroxyl groups is 1. The van der Waals surface area contributed by atoms with Gasteiger partial charge in [-0.3, -0.25) is 9.69 Å². The average Bonchev–Trinajstić information content (AvgIpc) is 2.45. The summed E-state index contributed by atoms with van der Waals surface area (Å²) in [5.74, 6) is 0.773. The SMILES string of the molecule is CC1C(N)CCC(C(=O)N2CCN(CCO)CC2)C1(C)C. The summed E-state index contributed by atoms with van der Waals surface area (Å²) in [4.78, 5) is 17.1. The van der Waals surface area contributed by atoms with Gasteiger partial charge in [-0.2, -0.15) is 0 Å². The molecule has 21 heavy (non-hydrogen) atoms. The molecule has 0 spiro atoms. The maximum atomic E-state index is 12.9. The highest BCUT2D eigenvalue weighted by atomic mass is 16.3. The third-order valence-electron chi connectivity index (χ3n) is 5.90. The number of nitrogens with zero attached hydrogens (tertiary/aromatic N) is 2. The van der Waals surface area contributed by atoms with Gasteiger partial charge in [-0.05, 0) is 24.2 Å². The standard InChI is InChI=1S/C16H31N3O2/c1-12-14(17)5-4-13(16(12,2)3)15(21)19-8-6-18(7-9-19)10-11-20/h12-14,20H,4-11,17H2,1-3H3. The van der Waals surface area contributed by atoms with Gasteiger partial charge in [0.25, 0.3) is 0 Å². The zero-order valence-corrected chi connectivity index (χ0v) is 13.7. The van der Waals surface area contributed by atoms with E-state index in [1.807, 2.05) is 4.90 Å². The summed E-state index contributed by atoms with van der Waals surface area (Å²) < 4.78 is 0. The van der Waals surface area contributed by atoms with Gasteiger partial charge in [0.15, 0.2) is 0 Å². The van der Waals surface area contributed by atoms with Crippen molar-refractivity contribution >= 4 is 5.91 Å². The molecule has 1 aliphatic carbocycles. The third-order valence-corrected chi connectivity index (χ3v) is 5.90. The molecule has 3 N–H and O–H groups in total. The lowest BCUT2D eigenvalue weighted by molar-refractivity contribution is -0.145. The van der Waals surface area contributed by atoms with E-state index in [-0.39, 0.29) is 24.0 Å². The zero-order valence-electron chi connectivity index (χ0n) is 13.7. The monoisotopic (exact) mass is 297 g/mol. The quantitative estimate of drug-likeness (QED) is 0.797. The predicted molar refractivity (Wildman–Crippen MR) is 83.8 cm³/mol. The number of carbonyl (C=O) groups excluding carboxylic acids is 1. The number of hydrogen-bond acceptors (Lipinski definition) is 4. The van der Waals surface area contributed by atoms with Gasteiger partial charge in [0.1, 0.15) is 0 Å². The molecular weight excluding hydrogens is 266 g/mol. The Morgan fingerprint density at radius 3 is 2.43 bits per heavy atom. The van der Waals surface area contributed by atoms with Crippen LogP contribution in [0.4, 0.5) is 0 Å². The maximum Gasteiger partial charge on any atom is 0.226 e. The second kappa shape index (κ2) is 6.63. The van der Waals surface area contributed by atoms with Crippen LogP contribution in [0.5, 0.6) is 0 Å². The van der Waals surface area contributed by atoms with Gasteiger partial charge in [-0.1, -0.05) is 20.8 Å². The molecule has 5 heteroatoms. The third kappa shape index (κ3) is 3.41. The second-order valence-corrected chi connectivity index (χ2v) is 7.29. The summed E-state index contributed by atoms with van der Waals surface area (Å²) in [6.07, 6.45) is 1.86. The van der Waals surface area contributed by atoms with Crippen LogP contribution in [0.15, 0.2) is 0 Å². The number of piperazine rings is 1. The Balaban J connectivity index is 1.97. The number of nitrogens with two attached hydrogens (primary N) is 1. The van der Waals surface area contributed by atoms with Crippen molar-refractivity contribution < 1.29 is 9.90 Å². The van der Waals surface area contributed by atoms with Crippen molar-refractivity contribution in [2.24, 2.45) is 23.0 Å². The fourth-order valence-electron chi connectivity index (χ4n) is 3.85. The lowest BCUT2D eigenvalue weighted by Gasteiger charge is -2.48. The number of amides is 1. The van der Waals surface area contributed by atoms with E-state index in [0.717, 1.165) is 39.0 Å². The van der Waals surface area contributed by atoms with E-state index in [0.29, 0.717) is 18.4 Å². The molecule has 2 fully saturated rings. The first-order valence-corrected chi connectivity index (χ1v) is 8.25. The Hall–Kier alpha value is -0.650. The molecule has 0 aromatic carbocycles. The Kier molecular flexibility index (Phi) is 5.28. The summed E-state index contributed by atoms with van der Waals surface area (Å²) >= 11 is 0. The normalized spacial score (nSPS) is 34.0. The highest BCUT2D eigenvalue weighted by Gasteiger charge is 2.46. The minimum absolute atomic E-state index is 0.0308. The number of rotatable bonds is 3. The molecule has 1 amide bonds. The lowest BCUT2D eigenvalue weighted by atomic mass is 9.60. The Morgan fingerprint density at radius 1 is 1.24 bits per heavy atom. The molecule has 5 nitrogen and oxygen atoms in total. The first-order valence-electron chi connectivity index (χ1n) is 8.25. The van der Waals surface area contributed by atoms with Gasteiger partial charge in [-0.15, -0.1) is 0 Å². The number of β-amino-alcohol motifs (C(OH)–C–C–N with tert-alkyl or cyclic N) is 1. The van der Waals surface area contributed by atoms with Crippen LogP contribution in [0.3, 0.4) is 0 Å². The van der Waals surface area contributed by atoms with Crippen molar-refractivity contribution in [1.29, 1.82) is 0 Å². The van der Waals surface area contributed by atoms with Crippen molar-refractivity contribution in [3.8, 4) is 0 Å². The van der Waals surface area contributed by atoms with Crippen LogP contribution in [0.25, 0.3) is 0 Å². The van der Waals surface area contributed by atoms with Gasteiger partial charge in [0.2, 0.25) is 5.91 Å². The van der Waals surface area contributed by atoms with Crippen LogP contribution in [-0.2, 0) is 4.79 Å². The van der Waals surface area contributed by atoms with E-state index in [4.69, 9.17) is 10.8 Å². The fourth-order valence-corrected chi connectivity index (χ4v) is 3.85. The Morgan fingerprint density at radius 2 is 1.86 bits per heavy atom. The highest BCUT2D eigenvalue weighted by molar-refractivity contribution is 5.80. The summed E-state index contributed by atoms with van der Waals surface area (Å²) in [6, 6.07) is 0.213. The number of carbonyl (C=O) groups is 1. The molecule has 1 saturated heterocycles. The van der Waals surface area contributed by atoms with E-state index in [9.17, 15) is 4.79 Å². The topological polar surface area (TPSA) is 69.8 Å². The first kappa shape index (κ1) is 16.7. The molecule has 0 radical (unpaired) electrons. The summed E-state index contributed by atoms with van der Waals surface area (Å²) in [5, 5.41) is 8.99. The molecule has 1 heterocycles. The fraction of sp³-hybridized carbons (Fsp3) is 0.938. The number of aliphatic hydroxyl groups excluding tert-OH is 1. The highest BCUT2D eigenvalue weighted by Crippen LogP contribution is 2.45. The summed E-state index contributed by atoms with van der Waals surface area (Å²) in [7, 11) is 0. The summed E-state index contributed by atoms with van der Waals surface area (Å²) in [6.45, 7) is 10.8.